The molecule has 2 aromatic carbocycles. The number of allylic oxidation sites excluding steroid dienone is 1. The number of thiazole rings is 1. The number of carbonyl (C=O) groups excluding carboxylic acids is 2. The van der Waals surface area contributed by atoms with Gasteiger partial charge < -0.3 is 9.47 Å². The van der Waals surface area contributed by atoms with Crippen molar-refractivity contribution in [3.8, 4) is 5.75 Å². The van der Waals surface area contributed by atoms with Crippen LogP contribution in [0.15, 0.2) is 68.0 Å². The van der Waals surface area contributed by atoms with Crippen LogP contribution in [0.2, 0.25) is 5.02 Å². The number of esters is 2. The number of benzene rings is 2. The van der Waals surface area contributed by atoms with Crippen molar-refractivity contribution in [2.24, 2.45) is 4.99 Å². The molecule has 1 aliphatic heterocycles. The smallest absolute Gasteiger partial charge is 0.434 e. The fourth-order valence-electron chi connectivity index (χ4n) is 3.80. The molecule has 3 aromatic rings. The van der Waals surface area contributed by atoms with E-state index in [9.17, 15) is 27.6 Å². The lowest BCUT2D eigenvalue weighted by molar-refractivity contribution is -0.140. The van der Waals surface area contributed by atoms with Gasteiger partial charge in [-0.3, -0.25) is 14.2 Å². The second-order valence-corrected chi connectivity index (χ2v) is 10.2. The molecule has 38 heavy (non-hydrogen) atoms. The summed E-state index contributed by atoms with van der Waals surface area (Å²) in [6, 6.07) is 8.98. The fourth-order valence-corrected chi connectivity index (χ4v) is 5.40. The molecule has 1 atom stereocenters. The van der Waals surface area contributed by atoms with E-state index in [1.54, 1.807) is 12.1 Å². The minimum Gasteiger partial charge on any atom is -0.463 e. The summed E-state index contributed by atoms with van der Waals surface area (Å²) in [6.45, 7) is 2.53. The van der Waals surface area contributed by atoms with E-state index < -0.39 is 41.0 Å². The van der Waals surface area contributed by atoms with E-state index in [0.717, 1.165) is 15.9 Å². The third-order valence-corrected chi connectivity index (χ3v) is 7.14. The number of alkyl halides is 3. The van der Waals surface area contributed by atoms with Crippen LogP contribution in [0.4, 0.5) is 13.2 Å². The van der Waals surface area contributed by atoms with Crippen LogP contribution in [0.1, 0.15) is 31.0 Å². The van der Waals surface area contributed by atoms with Crippen molar-refractivity contribution >= 4 is 56.9 Å². The molecule has 13 heteroatoms. The summed E-state index contributed by atoms with van der Waals surface area (Å²) in [5.74, 6) is -1.50. The van der Waals surface area contributed by atoms with E-state index in [4.69, 9.17) is 21.1 Å². The minimum absolute atomic E-state index is 0.0708. The maximum absolute atomic E-state index is 14.2. The van der Waals surface area contributed by atoms with Crippen molar-refractivity contribution in [3.05, 3.63) is 94.0 Å². The van der Waals surface area contributed by atoms with Crippen molar-refractivity contribution in [1.29, 1.82) is 0 Å². The molecule has 7 nitrogen and oxygen atoms in total. The predicted octanol–water partition coefficient (Wildman–Crippen LogP) is 4.68. The Morgan fingerprint density at radius 2 is 1.89 bits per heavy atom. The van der Waals surface area contributed by atoms with Gasteiger partial charge in [-0.2, -0.15) is 13.2 Å². The van der Waals surface area contributed by atoms with E-state index in [-0.39, 0.29) is 27.3 Å². The largest absolute Gasteiger partial charge is 0.463 e. The van der Waals surface area contributed by atoms with Gasteiger partial charge in [0.25, 0.3) is 5.56 Å². The Bertz CT molecular complexity index is 1640. The molecular formula is C25H17BrClF3N2O5S. The Hall–Kier alpha value is -3.22. The molecule has 0 N–H and O–H groups in total. The lowest BCUT2D eigenvalue weighted by Crippen LogP contribution is -2.41. The van der Waals surface area contributed by atoms with Gasteiger partial charge in [0.1, 0.15) is 5.75 Å². The average Bonchev–Trinajstić information content (AvgIpc) is 3.14. The zero-order valence-corrected chi connectivity index (χ0v) is 22.8. The molecular weight excluding hydrogens is 613 g/mol. The summed E-state index contributed by atoms with van der Waals surface area (Å²) >= 11 is 10.0. The molecule has 0 amide bonds. The van der Waals surface area contributed by atoms with Gasteiger partial charge in [-0.25, -0.2) is 9.79 Å². The molecule has 0 spiro atoms. The topological polar surface area (TPSA) is 87.0 Å². The lowest BCUT2D eigenvalue weighted by atomic mass is 9.95. The summed E-state index contributed by atoms with van der Waals surface area (Å²) in [5, 5.41) is 0.321. The van der Waals surface area contributed by atoms with Crippen molar-refractivity contribution in [1.82, 2.24) is 4.57 Å². The first-order valence-corrected chi connectivity index (χ1v) is 12.9. The van der Waals surface area contributed by atoms with Crippen LogP contribution in [0.3, 0.4) is 0 Å². The first kappa shape index (κ1) is 27.8. The summed E-state index contributed by atoms with van der Waals surface area (Å²) in [6.07, 6.45) is -3.54. The summed E-state index contributed by atoms with van der Waals surface area (Å²) < 4.78 is 54.0. The van der Waals surface area contributed by atoms with Crippen LogP contribution in [-0.4, -0.2) is 29.3 Å². The van der Waals surface area contributed by atoms with E-state index in [1.807, 2.05) is 0 Å². The molecule has 2 heterocycles. The van der Waals surface area contributed by atoms with E-state index in [1.165, 1.54) is 50.3 Å². The van der Waals surface area contributed by atoms with Gasteiger partial charge in [0, 0.05) is 11.9 Å². The molecule has 0 radical (unpaired) electrons. The van der Waals surface area contributed by atoms with Crippen LogP contribution in [-0.2, 0) is 14.3 Å². The van der Waals surface area contributed by atoms with Crippen LogP contribution in [0.5, 0.6) is 5.75 Å². The van der Waals surface area contributed by atoms with Gasteiger partial charge in [0.2, 0.25) is 0 Å². The summed E-state index contributed by atoms with van der Waals surface area (Å²) in [5.41, 5.74) is -2.17. The van der Waals surface area contributed by atoms with Crippen molar-refractivity contribution in [3.63, 3.8) is 0 Å². The predicted molar refractivity (Wildman–Crippen MR) is 138 cm³/mol. The Labute approximate surface area is 230 Å². The van der Waals surface area contributed by atoms with Crippen LogP contribution < -0.4 is 19.6 Å². The van der Waals surface area contributed by atoms with E-state index >= 15 is 0 Å². The van der Waals surface area contributed by atoms with Crippen LogP contribution in [0.25, 0.3) is 6.08 Å². The summed E-state index contributed by atoms with van der Waals surface area (Å²) in [7, 11) is 0. The maximum Gasteiger partial charge on any atom is 0.434 e. The molecule has 0 bridgehead atoms. The highest BCUT2D eigenvalue weighted by atomic mass is 79.9. The first-order valence-electron chi connectivity index (χ1n) is 10.9. The number of carbonyl (C=O) groups is 2. The Kier molecular flexibility index (Phi) is 7.96. The number of ether oxygens (including phenoxy) is 2. The second kappa shape index (κ2) is 10.9. The lowest BCUT2D eigenvalue weighted by Gasteiger charge is -2.26. The van der Waals surface area contributed by atoms with E-state index in [2.05, 4.69) is 20.9 Å². The van der Waals surface area contributed by atoms with Gasteiger partial charge in [-0.05, 0) is 64.3 Å². The number of aromatic nitrogens is 1. The number of hydrogen-bond donors (Lipinski definition) is 0. The SMILES string of the molecule is CCOC(=O)C1=C(C(F)(F)F)N=c2s/c(=C\c3ccc(OC(C)=O)c(Br)c3)c(=O)n2[C@@H]1c1ccc(Cl)cc1. The zero-order valence-electron chi connectivity index (χ0n) is 19.6. The average molecular weight is 630 g/mol. The first-order chi connectivity index (χ1) is 17.9. The van der Waals surface area contributed by atoms with Gasteiger partial charge in [-0.15, -0.1) is 0 Å². The molecule has 1 aliphatic rings. The quantitative estimate of drug-likeness (QED) is 0.302. The molecule has 0 unspecified atom stereocenters. The summed E-state index contributed by atoms with van der Waals surface area (Å²) in [4.78, 5) is 41.1. The molecule has 0 saturated carbocycles. The number of nitrogens with zero attached hydrogens (tertiary/aromatic N) is 2. The van der Waals surface area contributed by atoms with Gasteiger partial charge in [0.15, 0.2) is 10.5 Å². The molecule has 0 saturated heterocycles. The number of hydrogen-bond acceptors (Lipinski definition) is 7. The van der Waals surface area contributed by atoms with Crippen molar-refractivity contribution in [2.45, 2.75) is 26.1 Å². The third-order valence-electron chi connectivity index (χ3n) is 5.29. The second-order valence-electron chi connectivity index (χ2n) is 7.90. The molecule has 0 aliphatic carbocycles. The monoisotopic (exact) mass is 628 g/mol. The molecule has 1 aromatic heterocycles. The Morgan fingerprint density at radius 3 is 2.47 bits per heavy atom. The normalized spacial score (nSPS) is 15.7. The van der Waals surface area contributed by atoms with Gasteiger partial charge in [-0.1, -0.05) is 41.1 Å². The maximum atomic E-state index is 14.2. The van der Waals surface area contributed by atoms with Gasteiger partial charge >= 0.3 is 18.1 Å². The Balaban J connectivity index is 1.97. The Morgan fingerprint density at radius 1 is 1.21 bits per heavy atom. The number of rotatable bonds is 5. The number of halogens is 5. The van der Waals surface area contributed by atoms with E-state index in [0.29, 0.717) is 15.1 Å². The van der Waals surface area contributed by atoms with Crippen LogP contribution >= 0.6 is 38.9 Å². The highest BCUT2D eigenvalue weighted by Gasteiger charge is 2.45. The molecule has 198 valence electrons. The van der Waals surface area contributed by atoms with Crippen molar-refractivity contribution in [2.75, 3.05) is 6.61 Å². The fraction of sp³-hybridized carbons (Fsp3) is 0.200. The molecule has 0 fully saturated rings. The zero-order chi connectivity index (χ0) is 27.8. The molecule has 4 rings (SSSR count). The number of fused-ring (bicyclic) bond motifs is 1. The van der Waals surface area contributed by atoms with Crippen molar-refractivity contribution < 1.29 is 32.2 Å². The minimum atomic E-state index is -5.00. The van der Waals surface area contributed by atoms with Gasteiger partial charge in [0.05, 0.1) is 27.2 Å². The van der Waals surface area contributed by atoms with Crippen LogP contribution in [0, 0.1) is 0 Å². The highest BCUT2D eigenvalue weighted by Crippen LogP contribution is 2.38. The third kappa shape index (κ3) is 5.62. The standard InChI is InChI=1S/C25H17BrClF3N2O5S/c1-3-36-23(35)19-20(14-5-7-15(27)8-6-14)32-22(34)18(38-24(32)31-21(19)25(28,29)30)11-13-4-9-17(16(26)10-13)37-12(2)33/h4-11,20H,3H2,1-2H3/b18-11-/t20-/m1/s1. The highest BCUT2D eigenvalue weighted by molar-refractivity contribution is 9.10.